The molecule has 2 N–H and O–H groups in total. The monoisotopic (exact) mass is 443 g/mol. The van der Waals surface area contributed by atoms with Crippen LogP contribution in [0.15, 0.2) is 47.6 Å². The number of nitrogens with one attached hydrogen (secondary N) is 2. The number of carbonyl (C=O) groups excluding carboxylic acids is 1. The highest BCUT2D eigenvalue weighted by atomic mass is 19.1. The average molecular weight is 444 g/mol. The van der Waals surface area contributed by atoms with Crippen LogP contribution in [0.3, 0.4) is 0 Å². The van der Waals surface area contributed by atoms with Crippen molar-refractivity contribution in [2.45, 2.75) is 45.4 Å². The normalized spacial score (nSPS) is 16.6. The standard InChI is InChI=1S/C23H30FN5O3/c1-23(2,3)32-22(30)28-18-11-12-29(15-18)21(25-4)27-14-16-5-10-20(26-13-16)31-19-8-6-17(24)7-9-19/h5-10,13,18H,11-12,14-15H2,1-4H3,(H,25,27)(H,28,30). The maximum absolute atomic E-state index is 13.0. The molecule has 2 heterocycles. The molecular formula is C23H30FN5O3. The van der Waals surface area contributed by atoms with Crippen molar-refractivity contribution in [2.75, 3.05) is 20.1 Å². The Morgan fingerprint density at radius 3 is 2.62 bits per heavy atom. The van der Waals surface area contributed by atoms with Gasteiger partial charge in [0.1, 0.15) is 17.2 Å². The summed E-state index contributed by atoms with van der Waals surface area (Å²) in [5.74, 6) is 1.39. The van der Waals surface area contributed by atoms with Gasteiger partial charge in [-0.25, -0.2) is 14.2 Å². The molecule has 1 aliphatic rings. The zero-order chi connectivity index (χ0) is 23.1. The Hall–Kier alpha value is -3.36. The molecule has 9 heteroatoms. The summed E-state index contributed by atoms with van der Waals surface area (Å²) in [5, 5.41) is 6.24. The Balaban J connectivity index is 1.47. The van der Waals surface area contributed by atoms with Gasteiger partial charge < -0.3 is 25.0 Å². The fraction of sp³-hybridized carbons (Fsp3) is 0.435. The number of likely N-dealkylation sites (tertiary alicyclic amines) is 1. The third-order valence-corrected chi connectivity index (χ3v) is 4.70. The fourth-order valence-corrected chi connectivity index (χ4v) is 3.26. The van der Waals surface area contributed by atoms with Crippen molar-refractivity contribution in [2.24, 2.45) is 4.99 Å². The van der Waals surface area contributed by atoms with Gasteiger partial charge >= 0.3 is 6.09 Å². The van der Waals surface area contributed by atoms with E-state index in [-0.39, 0.29) is 11.9 Å². The maximum Gasteiger partial charge on any atom is 0.407 e. The highest BCUT2D eigenvalue weighted by Gasteiger charge is 2.27. The molecule has 1 aromatic carbocycles. The smallest absolute Gasteiger partial charge is 0.407 e. The van der Waals surface area contributed by atoms with E-state index in [9.17, 15) is 9.18 Å². The van der Waals surface area contributed by atoms with Gasteiger partial charge in [0.25, 0.3) is 0 Å². The van der Waals surface area contributed by atoms with Gasteiger partial charge in [0.15, 0.2) is 5.96 Å². The summed E-state index contributed by atoms with van der Waals surface area (Å²) in [5.41, 5.74) is 0.438. The molecule has 1 atom stereocenters. The molecular weight excluding hydrogens is 413 g/mol. The third-order valence-electron chi connectivity index (χ3n) is 4.70. The molecule has 1 aliphatic heterocycles. The zero-order valence-corrected chi connectivity index (χ0v) is 18.9. The van der Waals surface area contributed by atoms with Gasteiger partial charge in [-0.3, -0.25) is 4.99 Å². The SMILES string of the molecule is CN=C(NCc1ccc(Oc2ccc(F)cc2)nc1)N1CCC(NC(=O)OC(C)(C)C)C1. The molecule has 0 aliphatic carbocycles. The molecule has 0 radical (unpaired) electrons. The number of carbonyl (C=O) groups is 1. The minimum absolute atomic E-state index is 0.00737. The molecule has 1 saturated heterocycles. The van der Waals surface area contributed by atoms with Crippen molar-refractivity contribution in [3.05, 3.63) is 54.0 Å². The lowest BCUT2D eigenvalue weighted by Crippen LogP contribution is -2.44. The van der Waals surface area contributed by atoms with Crippen LogP contribution < -0.4 is 15.4 Å². The van der Waals surface area contributed by atoms with E-state index in [4.69, 9.17) is 9.47 Å². The van der Waals surface area contributed by atoms with Crippen molar-refractivity contribution in [1.82, 2.24) is 20.5 Å². The van der Waals surface area contributed by atoms with Crippen molar-refractivity contribution in [1.29, 1.82) is 0 Å². The first-order valence-electron chi connectivity index (χ1n) is 10.6. The summed E-state index contributed by atoms with van der Waals surface area (Å²) in [6.45, 7) is 7.50. The second-order valence-electron chi connectivity index (χ2n) is 8.54. The molecule has 0 spiro atoms. The summed E-state index contributed by atoms with van der Waals surface area (Å²) in [7, 11) is 1.73. The average Bonchev–Trinajstić information content (AvgIpc) is 3.18. The van der Waals surface area contributed by atoms with Crippen LogP contribution in [0, 0.1) is 5.82 Å². The van der Waals surface area contributed by atoms with E-state index < -0.39 is 11.7 Å². The van der Waals surface area contributed by atoms with E-state index in [2.05, 4.69) is 25.5 Å². The molecule has 32 heavy (non-hydrogen) atoms. The number of amides is 1. The number of aromatic nitrogens is 1. The molecule has 8 nitrogen and oxygen atoms in total. The van der Waals surface area contributed by atoms with Gasteiger partial charge in [-0.05, 0) is 57.0 Å². The summed E-state index contributed by atoms with van der Waals surface area (Å²) in [6, 6.07) is 9.46. The van der Waals surface area contributed by atoms with Crippen LogP contribution in [0.2, 0.25) is 0 Å². The van der Waals surface area contributed by atoms with Gasteiger partial charge in [0.05, 0.1) is 6.04 Å². The largest absolute Gasteiger partial charge is 0.444 e. The second-order valence-corrected chi connectivity index (χ2v) is 8.54. The quantitative estimate of drug-likeness (QED) is 0.541. The maximum atomic E-state index is 13.0. The number of rotatable bonds is 5. The molecule has 0 bridgehead atoms. The van der Waals surface area contributed by atoms with Crippen molar-refractivity contribution in [3.8, 4) is 11.6 Å². The van der Waals surface area contributed by atoms with Crippen LogP contribution in [0.4, 0.5) is 9.18 Å². The number of nitrogens with zero attached hydrogens (tertiary/aromatic N) is 3. The Morgan fingerprint density at radius 2 is 2.00 bits per heavy atom. The first-order valence-corrected chi connectivity index (χ1v) is 10.6. The van der Waals surface area contributed by atoms with Gasteiger partial charge in [0.2, 0.25) is 5.88 Å². The molecule has 172 valence electrons. The van der Waals surface area contributed by atoms with E-state index in [0.717, 1.165) is 24.5 Å². The predicted molar refractivity (Wildman–Crippen MR) is 120 cm³/mol. The van der Waals surface area contributed by atoms with Crippen molar-refractivity contribution >= 4 is 12.1 Å². The number of benzene rings is 1. The van der Waals surface area contributed by atoms with E-state index in [1.165, 1.54) is 12.1 Å². The Kier molecular flexibility index (Phi) is 7.50. The predicted octanol–water partition coefficient (Wildman–Crippen LogP) is 3.69. The summed E-state index contributed by atoms with van der Waals surface area (Å²) in [6.07, 6.45) is 2.13. The van der Waals surface area contributed by atoms with Gasteiger partial charge in [-0.2, -0.15) is 0 Å². The van der Waals surface area contributed by atoms with Crippen LogP contribution in [-0.2, 0) is 11.3 Å². The Morgan fingerprint density at radius 1 is 1.25 bits per heavy atom. The lowest BCUT2D eigenvalue weighted by atomic mass is 10.2. The van der Waals surface area contributed by atoms with E-state index >= 15 is 0 Å². The van der Waals surface area contributed by atoms with Gasteiger partial charge in [-0.1, -0.05) is 6.07 Å². The number of alkyl carbamates (subject to hydrolysis) is 1. The van der Waals surface area contributed by atoms with Crippen molar-refractivity contribution in [3.63, 3.8) is 0 Å². The van der Waals surface area contributed by atoms with E-state index in [0.29, 0.717) is 24.7 Å². The molecule has 1 aromatic heterocycles. The fourth-order valence-electron chi connectivity index (χ4n) is 3.26. The number of guanidine groups is 1. The Bertz CT molecular complexity index is 926. The lowest BCUT2D eigenvalue weighted by molar-refractivity contribution is 0.0507. The molecule has 0 saturated carbocycles. The van der Waals surface area contributed by atoms with Crippen LogP contribution in [0.5, 0.6) is 11.6 Å². The first-order chi connectivity index (χ1) is 15.2. The summed E-state index contributed by atoms with van der Waals surface area (Å²) >= 11 is 0. The summed E-state index contributed by atoms with van der Waals surface area (Å²) < 4.78 is 23.9. The minimum Gasteiger partial charge on any atom is -0.444 e. The number of pyridine rings is 1. The summed E-state index contributed by atoms with van der Waals surface area (Å²) in [4.78, 5) is 22.7. The molecule has 3 rings (SSSR count). The van der Waals surface area contributed by atoms with Crippen LogP contribution in [0.1, 0.15) is 32.8 Å². The van der Waals surface area contributed by atoms with Gasteiger partial charge in [0, 0.05) is 38.9 Å². The number of hydrogen-bond donors (Lipinski definition) is 2. The molecule has 2 aromatic rings. The van der Waals surface area contributed by atoms with Gasteiger partial charge in [-0.15, -0.1) is 0 Å². The molecule has 1 unspecified atom stereocenters. The number of hydrogen-bond acceptors (Lipinski definition) is 5. The van der Waals surface area contributed by atoms with E-state index in [1.807, 2.05) is 26.8 Å². The molecule has 1 fully saturated rings. The number of aliphatic imine (C=N–C) groups is 1. The lowest BCUT2D eigenvalue weighted by Gasteiger charge is -2.23. The highest BCUT2D eigenvalue weighted by molar-refractivity contribution is 5.80. The van der Waals surface area contributed by atoms with Crippen LogP contribution in [-0.4, -0.2) is 53.7 Å². The Labute approximate surface area is 187 Å². The van der Waals surface area contributed by atoms with E-state index in [1.54, 1.807) is 31.4 Å². The van der Waals surface area contributed by atoms with Crippen molar-refractivity contribution < 1.29 is 18.7 Å². The number of halogens is 1. The second kappa shape index (κ2) is 10.3. The molecule has 1 amide bonds. The third kappa shape index (κ3) is 7.11. The zero-order valence-electron chi connectivity index (χ0n) is 18.9. The number of ether oxygens (including phenoxy) is 2. The minimum atomic E-state index is -0.520. The topological polar surface area (TPSA) is 88.1 Å². The van der Waals surface area contributed by atoms with Crippen LogP contribution in [0.25, 0.3) is 0 Å². The first kappa shape index (κ1) is 23.3. The van der Waals surface area contributed by atoms with Crippen LogP contribution >= 0.6 is 0 Å². The highest BCUT2D eigenvalue weighted by Crippen LogP contribution is 2.19.